The van der Waals surface area contributed by atoms with Gasteiger partial charge in [-0.15, -0.1) is 0 Å². The number of sulfonamides is 1. The van der Waals surface area contributed by atoms with Gasteiger partial charge in [-0.05, 0) is 37.3 Å². The fraction of sp³-hybridized carbons (Fsp3) is 0.722. The molecular formula is C18H24F3N3O3S. The number of alkyl halides is 3. The molecule has 1 spiro atoms. The zero-order valence-corrected chi connectivity index (χ0v) is 16.5. The summed E-state index contributed by atoms with van der Waals surface area (Å²) in [6, 6.07) is 0.793. The number of hydrogen-bond donors (Lipinski definition) is 0. The summed E-state index contributed by atoms with van der Waals surface area (Å²) in [6.07, 6.45) is -1.61. The lowest BCUT2D eigenvalue weighted by Gasteiger charge is -2.60. The largest absolute Gasteiger partial charge is 0.433 e. The number of rotatable bonds is 4. The van der Waals surface area contributed by atoms with Crippen molar-refractivity contribution in [2.45, 2.75) is 30.8 Å². The molecule has 3 fully saturated rings. The minimum atomic E-state index is -4.59. The number of pyridine rings is 1. The standard InChI is InChI=1S/C18H24F3N3O3S/c1-13-6-16(18(19,20)21)22-7-15(13)28(25,26)24-11-17(12-24)9-23(10-17)8-14-2-4-27-5-3-14/h6-7,14H,2-5,8-12H2,1H3. The molecule has 3 aliphatic heterocycles. The smallest absolute Gasteiger partial charge is 0.381 e. The van der Waals surface area contributed by atoms with Crippen molar-refractivity contribution < 1.29 is 26.3 Å². The van der Waals surface area contributed by atoms with E-state index in [1.165, 1.54) is 11.2 Å². The molecule has 0 aliphatic carbocycles. The second kappa shape index (κ2) is 6.93. The van der Waals surface area contributed by atoms with Crippen LogP contribution in [-0.2, 0) is 20.9 Å². The van der Waals surface area contributed by atoms with Crippen LogP contribution in [0, 0.1) is 18.3 Å². The van der Waals surface area contributed by atoms with Gasteiger partial charge in [0.05, 0.1) is 0 Å². The molecule has 0 atom stereocenters. The predicted molar refractivity (Wildman–Crippen MR) is 95.2 cm³/mol. The number of ether oxygens (including phenoxy) is 1. The molecule has 156 valence electrons. The first-order valence-electron chi connectivity index (χ1n) is 9.43. The molecule has 3 saturated heterocycles. The molecule has 0 unspecified atom stereocenters. The third-order valence-corrected chi connectivity index (χ3v) is 7.89. The third-order valence-electron chi connectivity index (χ3n) is 5.97. The SMILES string of the molecule is Cc1cc(C(F)(F)F)ncc1S(=O)(=O)N1CC2(CN(CC3CCOCC3)C2)C1. The Hall–Kier alpha value is -1.23. The Kier molecular flexibility index (Phi) is 4.96. The first-order valence-corrected chi connectivity index (χ1v) is 10.9. The van der Waals surface area contributed by atoms with E-state index in [0.717, 1.165) is 58.0 Å². The van der Waals surface area contributed by atoms with Crippen LogP contribution in [-0.4, -0.2) is 68.5 Å². The summed E-state index contributed by atoms with van der Waals surface area (Å²) >= 11 is 0. The predicted octanol–water partition coefficient (Wildman–Crippen LogP) is 2.14. The average molecular weight is 419 g/mol. The molecule has 6 nitrogen and oxygen atoms in total. The van der Waals surface area contributed by atoms with Gasteiger partial charge < -0.3 is 9.64 Å². The van der Waals surface area contributed by atoms with Crippen molar-refractivity contribution in [2.24, 2.45) is 11.3 Å². The van der Waals surface area contributed by atoms with Crippen molar-refractivity contribution in [2.75, 3.05) is 45.9 Å². The molecule has 0 amide bonds. The molecule has 1 aromatic heterocycles. The Labute approximate surface area is 162 Å². The second-order valence-corrected chi connectivity index (χ2v) is 10.2. The summed E-state index contributed by atoms with van der Waals surface area (Å²) in [4.78, 5) is 5.54. The average Bonchev–Trinajstić information content (AvgIpc) is 2.55. The van der Waals surface area contributed by atoms with Crippen LogP contribution in [0.15, 0.2) is 17.2 Å². The molecule has 0 saturated carbocycles. The minimum Gasteiger partial charge on any atom is -0.381 e. The molecule has 28 heavy (non-hydrogen) atoms. The zero-order chi connectivity index (χ0) is 20.2. The minimum absolute atomic E-state index is 0.00845. The normalized spacial score (nSPS) is 24.1. The molecule has 0 bridgehead atoms. The van der Waals surface area contributed by atoms with E-state index in [1.54, 1.807) is 0 Å². The molecule has 4 rings (SSSR count). The lowest BCUT2D eigenvalue weighted by atomic mass is 9.74. The topological polar surface area (TPSA) is 62.7 Å². The van der Waals surface area contributed by atoms with Crippen LogP contribution in [0.3, 0.4) is 0 Å². The maximum absolute atomic E-state index is 12.8. The van der Waals surface area contributed by atoms with Crippen molar-refractivity contribution in [1.29, 1.82) is 0 Å². The molecular weight excluding hydrogens is 395 g/mol. The second-order valence-electron chi connectivity index (χ2n) is 8.33. The Morgan fingerprint density at radius 3 is 2.43 bits per heavy atom. The fourth-order valence-electron chi connectivity index (χ4n) is 4.51. The van der Waals surface area contributed by atoms with Gasteiger partial charge >= 0.3 is 6.18 Å². The highest BCUT2D eigenvalue weighted by molar-refractivity contribution is 7.89. The maximum Gasteiger partial charge on any atom is 0.433 e. The van der Waals surface area contributed by atoms with Crippen molar-refractivity contribution >= 4 is 10.0 Å². The number of nitrogens with zero attached hydrogens (tertiary/aromatic N) is 3. The van der Waals surface area contributed by atoms with Gasteiger partial charge in [0, 0.05) is 57.5 Å². The molecule has 3 aliphatic rings. The van der Waals surface area contributed by atoms with E-state index in [4.69, 9.17) is 4.74 Å². The van der Waals surface area contributed by atoms with Gasteiger partial charge in [0.2, 0.25) is 10.0 Å². The van der Waals surface area contributed by atoms with Gasteiger partial charge in [-0.3, -0.25) is 4.98 Å². The van der Waals surface area contributed by atoms with Gasteiger partial charge in [0.25, 0.3) is 0 Å². The quantitative estimate of drug-likeness (QED) is 0.748. The molecule has 0 N–H and O–H groups in total. The Bertz CT molecular complexity index is 839. The molecule has 4 heterocycles. The van der Waals surface area contributed by atoms with E-state index >= 15 is 0 Å². The van der Waals surface area contributed by atoms with E-state index in [1.807, 2.05) is 0 Å². The van der Waals surface area contributed by atoms with Crippen LogP contribution in [0.2, 0.25) is 0 Å². The third kappa shape index (κ3) is 3.67. The van der Waals surface area contributed by atoms with Crippen molar-refractivity contribution in [3.63, 3.8) is 0 Å². The number of hydrogen-bond acceptors (Lipinski definition) is 5. The highest BCUT2D eigenvalue weighted by Crippen LogP contribution is 2.43. The van der Waals surface area contributed by atoms with Crippen LogP contribution in [0.1, 0.15) is 24.1 Å². The van der Waals surface area contributed by atoms with Crippen molar-refractivity contribution in [3.05, 3.63) is 23.5 Å². The fourth-order valence-corrected chi connectivity index (χ4v) is 6.32. The molecule has 0 radical (unpaired) electrons. The number of aromatic nitrogens is 1. The van der Waals surface area contributed by atoms with Gasteiger partial charge in [0.15, 0.2) is 0 Å². The highest BCUT2D eigenvalue weighted by atomic mass is 32.2. The summed E-state index contributed by atoms with van der Waals surface area (Å²) < 4.78 is 70.6. The van der Waals surface area contributed by atoms with E-state index in [0.29, 0.717) is 19.0 Å². The summed E-state index contributed by atoms with van der Waals surface area (Å²) in [5.41, 5.74) is -1.02. The van der Waals surface area contributed by atoms with Gasteiger partial charge in [-0.1, -0.05) is 0 Å². The summed E-state index contributed by atoms with van der Waals surface area (Å²) in [6.45, 7) is 6.62. The summed E-state index contributed by atoms with van der Waals surface area (Å²) in [7, 11) is -3.82. The van der Waals surface area contributed by atoms with Crippen LogP contribution in [0.5, 0.6) is 0 Å². The number of likely N-dealkylation sites (tertiary alicyclic amines) is 1. The van der Waals surface area contributed by atoms with Crippen molar-refractivity contribution in [3.8, 4) is 0 Å². The Morgan fingerprint density at radius 2 is 1.86 bits per heavy atom. The Balaban J connectivity index is 1.35. The van der Waals surface area contributed by atoms with E-state index < -0.39 is 21.9 Å². The molecule has 10 heteroatoms. The summed E-state index contributed by atoms with van der Waals surface area (Å²) in [5, 5.41) is 0. The van der Waals surface area contributed by atoms with E-state index in [9.17, 15) is 21.6 Å². The monoisotopic (exact) mass is 419 g/mol. The highest BCUT2D eigenvalue weighted by Gasteiger charge is 2.55. The van der Waals surface area contributed by atoms with Crippen molar-refractivity contribution in [1.82, 2.24) is 14.2 Å². The zero-order valence-electron chi connectivity index (χ0n) is 15.7. The van der Waals surface area contributed by atoms with Gasteiger partial charge in [-0.2, -0.15) is 17.5 Å². The van der Waals surface area contributed by atoms with Crippen LogP contribution in [0.4, 0.5) is 13.2 Å². The van der Waals surface area contributed by atoms with Crippen LogP contribution < -0.4 is 0 Å². The molecule has 1 aromatic rings. The first kappa shape index (κ1) is 20.1. The maximum atomic E-state index is 12.8. The number of halogens is 3. The van der Waals surface area contributed by atoms with E-state index in [2.05, 4.69) is 9.88 Å². The van der Waals surface area contributed by atoms with Crippen LogP contribution >= 0.6 is 0 Å². The Morgan fingerprint density at radius 1 is 1.21 bits per heavy atom. The number of aryl methyl sites for hydroxylation is 1. The first-order chi connectivity index (χ1) is 13.1. The van der Waals surface area contributed by atoms with Gasteiger partial charge in [0.1, 0.15) is 10.6 Å². The van der Waals surface area contributed by atoms with Crippen LogP contribution in [0.25, 0.3) is 0 Å². The molecule has 0 aromatic carbocycles. The summed E-state index contributed by atoms with van der Waals surface area (Å²) in [5.74, 6) is 0.645. The van der Waals surface area contributed by atoms with Gasteiger partial charge in [-0.25, -0.2) is 8.42 Å². The lowest BCUT2D eigenvalue weighted by molar-refractivity contribution is -0.141. The lowest BCUT2D eigenvalue weighted by Crippen LogP contribution is -2.73. The van der Waals surface area contributed by atoms with E-state index in [-0.39, 0.29) is 15.9 Å².